The molecule has 0 aliphatic heterocycles. The lowest BCUT2D eigenvalue weighted by molar-refractivity contribution is 0.0866. The summed E-state index contributed by atoms with van der Waals surface area (Å²) in [4.78, 5) is 11.0. The van der Waals surface area contributed by atoms with Gasteiger partial charge in [0.25, 0.3) is 5.91 Å². The maximum Gasteiger partial charge on any atom is 0.251 e. The van der Waals surface area contributed by atoms with E-state index in [-0.39, 0.29) is 6.61 Å². The van der Waals surface area contributed by atoms with Crippen LogP contribution in [0, 0.1) is 4.64 Å². The Kier molecular flexibility index (Phi) is 5.10. The number of aliphatic hydroxyl groups is 1. The Morgan fingerprint density at radius 1 is 1.56 bits per heavy atom. The molecule has 1 heterocycles. The maximum atomic E-state index is 11.0. The molecule has 0 atom stereocenters. The van der Waals surface area contributed by atoms with E-state index >= 15 is 0 Å². The molecule has 0 spiro atoms. The Hall–Kier alpha value is -1.24. The van der Waals surface area contributed by atoms with Crippen LogP contribution in [0.25, 0.3) is 0 Å². The molecule has 1 rings (SSSR count). The first-order valence-electron chi connectivity index (χ1n) is 4.84. The molecular formula is C10H14N2O3S. The molecule has 0 unspecified atom stereocenters. The summed E-state index contributed by atoms with van der Waals surface area (Å²) in [5.41, 5.74) is 5.51. The van der Waals surface area contributed by atoms with Crippen molar-refractivity contribution in [1.29, 1.82) is 0 Å². The summed E-state index contributed by atoms with van der Waals surface area (Å²) >= 11 is 5.10. The molecule has 0 radical (unpaired) electrons. The van der Waals surface area contributed by atoms with Gasteiger partial charge in [-0.3, -0.25) is 4.79 Å². The monoisotopic (exact) mass is 242 g/mol. The normalized spacial score (nSPS) is 10.3. The van der Waals surface area contributed by atoms with Gasteiger partial charge in [-0.2, -0.15) is 0 Å². The lowest BCUT2D eigenvalue weighted by Gasteiger charge is -2.08. The summed E-state index contributed by atoms with van der Waals surface area (Å²) in [7, 11) is 0. The van der Waals surface area contributed by atoms with Crippen molar-refractivity contribution in [3.05, 3.63) is 28.5 Å². The Morgan fingerprint density at radius 3 is 2.94 bits per heavy atom. The number of aromatic nitrogens is 1. The second-order valence-corrected chi connectivity index (χ2v) is 3.51. The van der Waals surface area contributed by atoms with Gasteiger partial charge in [0.2, 0.25) is 0 Å². The van der Waals surface area contributed by atoms with Crippen molar-refractivity contribution >= 4 is 18.1 Å². The zero-order valence-corrected chi connectivity index (χ0v) is 9.57. The molecule has 1 amide bonds. The van der Waals surface area contributed by atoms with Crippen molar-refractivity contribution in [3.8, 4) is 0 Å². The topological polar surface area (TPSA) is 77.5 Å². The average molecular weight is 242 g/mol. The second kappa shape index (κ2) is 6.37. The second-order valence-electron chi connectivity index (χ2n) is 3.12. The molecule has 0 bridgehead atoms. The van der Waals surface area contributed by atoms with Crippen LogP contribution in [0.4, 0.5) is 0 Å². The molecule has 0 aromatic carbocycles. The fourth-order valence-corrected chi connectivity index (χ4v) is 1.55. The van der Waals surface area contributed by atoms with Crippen LogP contribution in [0.2, 0.25) is 0 Å². The third-order valence-electron chi connectivity index (χ3n) is 2.00. The number of nitrogens with two attached hydrogens (primary N) is 1. The van der Waals surface area contributed by atoms with Crippen LogP contribution in [-0.2, 0) is 11.3 Å². The van der Waals surface area contributed by atoms with Gasteiger partial charge in [-0.05, 0) is 12.1 Å². The summed E-state index contributed by atoms with van der Waals surface area (Å²) in [6.45, 7) is 1.24. The predicted octanol–water partition coefficient (Wildman–Crippen LogP) is 0.325. The molecule has 0 aliphatic rings. The number of aliphatic hydroxyl groups excluding tert-OH is 1. The zero-order valence-electron chi connectivity index (χ0n) is 8.76. The number of rotatable bonds is 6. The zero-order chi connectivity index (χ0) is 12.0. The van der Waals surface area contributed by atoms with Gasteiger partial charge in [0, 0.05) is 12.7 Å². The van der Waals surface area contributed by atoms with Gasteiger partial charge in [-0.15, -0.1) is 0 Å². The Bertz CT molecular complexity index is 417. The number of carbonyl (C=O) groups excluding carboxylic acids is 1. The van der Waals surface area contributed by atoms with Crippen molar-refractivity contribution in [2.75, 3.05) is 19.8 Å². The van der Waals surface area contributed by atoms with Gasteiger partial charge in [0.15, 0.2) is 0 Å². The number of amides is 1. The van der Waals surface area contributed by atoms with Crippen molar-refractivity contribution < 1.29 is 14.6 Å². The fraction of sp³-hybridized carbons (Fsp3) is 0.400. The quantitative estimate of drug-likeness (QED) is 0.556. The van der Waals surface area contributed by atoms with E-state index in [1.807, 2.05) is 0 Å². The van der Waals surface area contributed by atoms with Crippen LogP contribution in [-0.4, -0.2) is 35.4 Å². The third-order valence-corrected chi connectivity index (χ3v) is 2.45. The minimum atomic E-state index is -0.532. The molecule has 0 saturated carbocycles. The number of primary amides is 1. The first kappa shape index (κ1) is 12.8. The van der Waals surface area contributed by atoms with Gasteiger partial charge in [-0.25, -0.2) is 0 Å². The lowest BCUT2D eigenvalue weighted by Crippen LogP contribution is -2.16. The number of pyridine rings is 1. The van der Waals surface area contributed by atoms with Crippen molar-refractivity contribution in [1.82, 2.24) is 4.57 Å². The lowest BCUT2D eigenvalue weighted by atomic mass is 10.3. The van der Waals surface area contributed by atoms with E-state index < -0.39 is 5.91 Å². The molecule has 1 aromatic rings. The Balaban J connectivity index is 2.70. The molecule has 6 heteroatoms. The van der Waals surface area contributed by atoms with Crippen LogP contribution in [0.1, 0.15) is 10.4 Å². The fourth-order valence-electron chi connectivity index (χ4n) is 1.23. The van der Waals surface area contributed by atoms with Gasteiger partial charge in [0.05, 0.1) is 25.4 Å². The largest absolute Gasteiger partial charge is 0.394 e. The minimum absolute atomic E-state index is 0.00722. The van der Waals surface area contributed by atoms with Crippen molar-refractivity contribution in [2.45, 2.75) is 6.54 Å². The van der Waals surface area contributed by atoms with Crippen LogP contribution in [0.15, 0.2) is 18.3 Å². The van der Waals surface area contributed by atoms with Crippen molar-refractivity contribution in [3.63, 3.8) is 0 Å². The van der Waals surface area contributed by atoms with Gasteiger partial charge in [0.1, 0.15) is 4.64 Å². The molecule has 1 aromatic heterocycles. The van der Waals surface area contributed by atoms with E-state index in [1.165, 1.54) is 0 Å². The van der Waals surface area contributed by atoms with Crippen LogP contribution in [0.3, 0.4) is 0 Å². The summed E-state index contributed by atoms with van der Waals surface area (Å²) in [6, 6.07) is 3.30. The highest BCUT2D eigenvalue weighted by molar-refractivity contribution is 7.71. The van der Waals surface area contributed by atoms with E-state index in [2.05, 4.69) is 0 Å². The highest BCUT2D eigenvalue weighted by atomic mass is 32.1. The average Bonchev–Trinajstić information content (AvgIpc) is 2.26. The standard InChI is InChI=1S/C10H14N2O3S/c11-9(14)8-2-1-3-12(10(8)16)4-6-15-7-5-13/h1-3,13H,4-7H2,(H2,11,14). The SMILES string of the molecule is NC(=O)c1cccn(CCOCCO)c1=S. The molecule has 16 heavy (non-hydrogen) atoms. The number of ether oxygens (including phenoxy) is 1. The molecular weight excluding hydrogens is 228 g/mol. The maximum absolute atomic E-state index is 11.0. The molecule has 0 aliphatic carbocycles. The first-order chi connectivity index (χ1) is 7.66. The molecule has 0 saturated heterocycles. The first-order valence-corrected chi connectivity index (χ1v) is 5.25. The molecule has 0 fully saturated rings. The van der Waals surface area contributed by atoms with Gasteiger partial charge < -0.3 is 20.1 Å². The predicted molar refractivity (Wildman–Crippen MR) is 61.7 cm³/mol. The number of hydrogen-bond donors (Lipinski definition) is 2. The Morgan fingerprint density at radius 2 is 2.31 bits per heavy atom. The van der Waals surface area contributed by atoms with E-state index in [4.69, 9.17) is 27.8 Å². The molecule has 3 N–H and O–H groups in total. The summed E-state index contributed by atoms with van der Waals surface area (Å²) in [5, 5.41) is 8.52. The highest BCUT2D eigenvalue weighted by Gasteiger charge is 2.04. The van der Waals surface area contributed by atoms with Crippen molar-refractivity contribution in [2.24, 2.45) is 5.73 Å². The van der Waals surface area contributed by atoms with Crippen LogP contribution >= 0.6 is 12.2 Å². The van der Waals surface area contributed by atoms with Crippen LogP contribution < -0.4 is 5.73 Å². The minimum Gasteiger partial charge on any atom is -0.394 e. The summed E-state index contributed by atoms with van der Waals surface area (Å²) < 4.78 is 7.23. The molecule has 5 nitrogen and oxygen atoms in total. The van der Waals surface area contributed by atoms with E-state index in [0.29, 0.717) is 30.0 Å². The van der Waals surface area contributed by atoms with E-state index in [9.17, 15) is 4.79 Å². The van der Waals surface area contributed by atoms with Crippen LogP contribution in [0.5, 0.6) is 0 Å². The third kappa shape index (κ3) is 3.41. The summed E-state index contributed by atoms with van der Waals surface area (Å²) in [6.07, 6.45) is 1.76. The van der Waals surface area contributed by atoms with Gasteiger partial charge in [-0.1, -0.05) is 12.2 Å². The number of carbonyl (C=O) groups is 1. The highest BCUT2D eigenvalue weighted by Crippen LogP contribution is 2.02. The molecule has 88 valence electrons. The van der Waals surface area contributed by atoms with Gasteiger partial charge >= 0.3 is 0 Å². The van der Waals surface area contributed by atoms with E-state index in [1.54, 1.807) is 22.9 Å². The number of hydrogen-bond acceptors (Lipinski definition) is 4. The number of nitrogens with zero attached hydrogens (tertiary/aromatic N) is 1. The smallest absolute Gasteiger partial charge is 0.251 e. The Labute approximate surface area is 98.5 Å². The summed E-state index contributed by atoms with van der Waals surface area (Å²) in [5.74, 6) is -0.532. The van der Waals surface area contributed by atoms with E-state index in [0.717, 1.165) is 0 Å².